The van der Waals surface area contributed by atoms with Crippen molar-refractivity contribution >= 4 is 11.6 Å². The van der Waals surface area contributed by atoms with Crippen LogP contribution in [0.3, 0.4) is 0 Å². The standard InChI is InChI=1S/C25H31N3O4/c1-27(22-10-13-30-16-22)20-8-11-28(12-9-20)21-5-3-19(4-6-21)25(29)26-15-18-2-7-23-24(14-18)32-17-31-23/h2-7,14,20,22H,8-13,15-17H2,1H3,(H,26,29). The summed E-state index contributed by atoms with van der Waals surface area (Å²) in [6, 6.07) is 14.9. The van der Waals surface area contributed by atoms with Gasteiger partial charge in [-0.2, -0.15) is 0 Å². The van der Waals surface area contributed by atoms with Crippen LogP contribution in [-0.2, 0) is 11.3 Å². The van der Waals surface area contributed by atoms with Gasteiger partial charge in [-0.3, -0.25) is 9.69 Å². The molecule has 0 aliphatic carbocycles. The van der Waals surface area contributed by atoms with Crippen LogP contribution in [0.4, 0.5) is 5.69 Å². The molecule has 32 heavy (non-hydrogen) atoms. The highest BCUT2D eigenvalue weighted by Gasteiger charge is 2.29. The molecular formula is C25H31N3O4. The summed E-state index contributed by atoms with van der Waals surface area (Å²) in [5.41, 5.74) is 2.84. The fraction of sp³-hybridized carbons (Fsp3) is 0.480. The summed E-state index contributed by atoms with van der Waals surface area (Å²) in [6.07, 6.45) is 3.46. The molecule has 1 amide bonds. The topological polar surface area (TPSA) is 63.3 Å². The van der Waals surface area contributed by atoms with Crippen LogP contribution in [-0.4, -0.2) is 63.0 Å². The Hall–Kier alpha value is -2.77. The van der Waals surface area contributed by atoms with E-state index in [4.69, 9.17) is 14.2 Å². The maximum absolute atomic E-state index is 12.6. The third-order valence-electron chi connectivity index (χ3n) is 6.91. The number of ether oxygens (including phenoxy) is 3. The fourth-order valence-electron chi connectivity index (χ4n) is 4.83. The molecule has 0 spiro atoms. The molecule has 1 unspecified atom stereocenters. The van der Waals surface area contributed by atoms with Gasteiger partial charge in [0, 0.05) is 49.6 Å². The van der Waals surface area contributed by atoms with Gasteiger partial charge in [0.2, 0.25) is 6.79 Å². The lowest BCUT2D eigenvalue weighted by Crippen LogP contribution is -2.47. The summed E-state index contributed by atoms with van der Waals surface area (Å²) < 4.78 is 16.3. The van der Waals surface area contributed by atoms with Crippen molar-refractivity contribution in [2.45, 2.75) is 37.9 Å². The van der Waals surface area contributed by atoms with Crippen molar-refractivity contribution in [2.75, 3.05) is 45.0 Å². The van der Waals surface area contributed by atoms with Crippen molar-refractivity contribution in [3.8, 4) is 11.5 Å². The van der Waals surface area contributed by atoms with Gasteiger partial charge in [0.1, 0.15) is 0 Å². The molecule has 0 aromatic heterocycles. The number of carbonyl (C=O) groups excluding carboxylic acids is 1. The van der Waals surface area contributed by atoms with Crippen LogP contribution in [0, 0.1) is 0 Å². The molecule has 3 aliphatic heterocycles. The number of rotatable bonds is 6. The zero-order valence-electron chi connectivity index (χ0n) is 18.6. The Balaban J connectivity index is 1.12. The summed E-state index contributed by atoms with van der Waals surface area (Å²) in [5, 5.41) is 2.99. The number of hydrogen-bond donors (Lipinski definition) is 1. The summed E-state index contributed by atoms with van der Waals surface area (Å²) in [5.74, 6) is 1.40. The van der Waals surface area contributed by atoms with E-state index in [0.29, 0.717) is 24.2 Å². The molecule has 2 aromatic rings. The van der Waals surface area contributed by atoms with E-state index in [1.54, 1.807) is 0 Å². The molecule has 7 nitrogen and oxygen atoms in total. The average Bonchev–Trinajstić information content (AvgIpc) is 3.54. The van der Waals surface area contributed by atoms with Crippen molar-refractivity contribution in [2.24, 2.45) is 0 Å². The minimum atomic E-state index is -0.0756. The summed E-state index contributed by atoms with van der Waals surface area (Å²) in [7, 11) is 2.25. The van der Waals surface area contributed by atoms with Crippen molar-refractivity contribution in [1.29, 1.82) is 0 Å². The zero-order valence-corrected chi connectivity index (χ0v) is 18.6. The van der Waals surface area contributed by atoms with Gasteiger partial charge in [-0.25, -0.2) is 0 Å². The molecule has 3 heterocycles. The molecule has 2 aromatic carbocycles. The third kappa shape index (κ3) is 4.54. The van der Waals surface area contributed by atoms with Gasteiger partial charge in [-0.15, -0.1) is 0 Å². The molecule has 7 heteroatoms. The van der Waals surface area contributed by atoms with Gasteiger partial charge in [-0.1, -0.05) is 6.07 Å². The van der Waals surface area contributed by atoms with Gasteiger partial charge >= 0.3 is 0 Å². The molecule has 0 radical (unpaired) electrons. The number of fused-ring (bicyclic) bond motifs is 1. The predicted molar refractivity (Wildman–Crippen MR) is 122 cm³/mol. The van der Waals surface area contributed by atoms with Gasteiger partial charge in [0.15, 0.2) is 11.5 Å². The quantitative estimate of drug-likeness (QED) is 0.750. The van der Waals surface area contributed by atoms with Gasteiger partial charge in [0.25, 0.3) is 5.91 Å². The third-order valence-corrected chi connectivity index (χ3v) is 6.91. The fourth-order valence-corrected chi connectivity index (χ4v) is 4.83. The van der Waals surface area contributed by atoms with Crippen LogP contribution in [0.15, 0.2) is 42.5 Å². The van der Waals surface area contributed by atoms with E-state index in [9.17, 15) is 4.79 Å². The van der Waals surface area contributed by atoms with Crippen molar-refractivity contribution in [3.05, 3.63) is 53.6 Å². The normalized spacial score (nSPS) is 20.7. The van der Waals surface area contributed by atoms with Crippen LogP contribution >= 0.6 is 0 Å². The van der Waals surface area contributed by atoms with E-state index in [-0.39, 0.29) is 12.7 Å². The largest absolute Gasteiger partial charge is 0.454 e. The van der Waals surface area contributed by atoms with Crippen LogP contribution in [0.2, 0.25) is 0 Å². The Labute approximate surface area is 189 Å². The van der Waals surface area contributed by atoms with Crippen LogP contribution < -0.4 is 19.7 Å². The Kier molecular flexibility index (Phi) is 6.19. The number of piperidine rings is 1. The Bertz CT molecular complexity index is 935. The van der Waals surface area contributed by atoms with Gasteiger partial charge < -0.3 is 24.4 Å². The predicted octanol–water partition coefficient (Wildman–Crippen LogP) is 3.03. The number of nitrogens with zero attached hydrogens (tertiary/aromatic N) is 2. The number of benzene rings is 2. The lowest BCUT2D eigenvalue weighted by molar-refractivity contribution is 0.0951. The van der Waals surface area contributed by atoms with Crippen molar-refractivity contribution < 1.29 is 19.0 Å². The minimum absolute atomic E-state index is 0.0756. The van der Waals surface area contributed by atoms with Crippen molar-refractivity contribution in [3.63, 3.8) is 0 Å². The van der Waals surface area contributed by atoms with E-state index in [1.165, 1.54) is 5.69 Å². The Morgan fingerprint density at radius 3 is 2.56 bits per heavy atom. The highest BCUT2D eigenvalue weighted by molar-refractivity contribution is 5.94. The second kappa shape index (κ2) is 9.38. The number of anilines is 1. The van der Waals surface area contributed by atoms with Gasteiger partial charge in [-0.05, 0) is 68.3 Å². The molecule has 2 fully saturated rings. The number of hydrogen-bond acceptors (Lipinski definition) is 6. The van der Waals surface area contributed by atoms with Crippen LogP contribution in [0.5, 0.6) is 11.5 Å². The summed E-state index contributed by atoms with van der Waals surface area (Å²) in [4.78, 5) is 17.5. The van der Waals surface area contributed by atoms with Crippen molar-refractivity contribution in [1.82, 2.24) is 10.2 Å². The van der Waals surface area contributed by atoms with E-state index >= 15 is 0 Å². The lowest BCUT2D eigenvalue weighted by Gasteiger charge is -2.40. The number of nitrogens with one attached hydrogen (secondary N) is 1. The highest BCUT2D eigenvalue weighted by Crippen LogP contribution is 2.32. The molecule has 0 saturated carbocycles. The average molecular weight is 438 g/mol. The zero-order chi connectivity index (χ0) is 21.9. The van der Waals surface area contributed by atoms with Gasteiger partial charge in [0.05, 0.1) is 6.61 Å². The monoisotopic (exact) mass is 437 g/mol. The van der Waals surface area contributed by atoms with E-state index in [1.807, 2.05) is 30.3 Å². The lowest BCUT2D eigenvalue weighted by atomic mass is 10.0. The second-order valence-electron chi connectivity index (χ2n) is 8.82. The van der Waals surface area contributed by atoms with E-state index < -0.39 is 0 Å². The first kappa shape index (κ1) is 21.1. The smallest absolute Gasteiger partial charge is 0.251 e. The number of carbonyl (C=O) groups is 1. The molecule has 5 rings (SSSR count). The number of likely N-dealkylation sites (N-methyl/N-ethyl adjacent to an activating group) is 1. The Morgan fingerprint density at radius 2 is 1.81 bits per heavy atom. The maximum atomic E-state index is 12.6. The summed E-state index contributed by atoms with van der Waals surface area (Å²) >= 11 is 0. The first-order chi connectivity index (χ1) is 15.7. The highest BCUT2D eigenvalue weighted by atomic mass is 16.7. The van der Waals surface area contributed by atoms with Crippen LogP contribution in [0.1, 0.15) is 35.2 Å². The maximum Gasteiger partial charge on any atom is 0.251 e. The first-order valence-electron chi connectivity index (χ1n) is 11.5. The van der Waals surface area contributed by atoms with E-state index in [0.717, 1.165) is 62.6 Å². The molecule has 170 valence electrons. The van der Waals surface area contributed by atoms with E-state index in [2.05, 4.69) is 34.3 Å². The number of amides is 1. The molecular weight excluding hydrogens is 406 g/mol. The molecule has 3 aliphatic rings. The summed E-state index contributed by atoms with van der Waals surface area (Å²) in [6.45, 7) is 4.54. The Morgan fingerprint density at radius 1 is 1.03 bits per heavy atom. The minimum Gasteiger partial charge on any atom is -0.454 e. The SMILES string of the molecule is CN(C1CCN(c2ccc(C(=O)NCc3ccc4c(c3)OCO4)cc2)CC1)C1CCOC1. The molecule has 2 saturated heterocycles. The molecule has 0 bridgehead atoms. The molecule has 1 N–H and O–H groups in total. The first-order valence-corrected chi connectivity index (χ1v) is 11.5. The second-order valence-corrected chi connectivity index (χ2v) is 8.82. The molecule has 1 atom stereocenters. The van der Waals surface area contributed by atoms with Crippen LogP contribution in [0.25, 0.3) is 0 Å².